The fourth-order valence-corrected chi connectivity index (χ4v) is 5.94. The van der Waals surface area contributed by atoms with Gasteiger partial charge >= 0.3 is 5.03 Å². The Kier molecular flexibility index (Phi) is 4.79. The summed E-state index contributed by atoms with van der Waals surface area (Å²) in [6.07, 6.45) is 0. The molecule has 0 amide bonds. The molecule has 0 saturated heterocycles. The highest BCUT2D eigenvalue weighted by Crippen LogP contribution is 2.49. The molecule has 3 rings (SSSR count). The molecule has 2 aromatic rings. The minimum atomic E-state index is -1.87. The van der Waals surface area contributed by atoms with E-state index in [2.05, 4.69) is 15.9 Å². The lowest BCUT2D eigenvalue weighted by atomic mass is 10.2. The molecule has 1 heterocycles. The smallest absolute Gasteiger partial charge is 0.258 e. The average molecular weight is 408 g/mol. The van der Waals surface area contributed by atoms with E-state index in [0.29, 0.717) is 24.8 Å². The van der Waals surface area contributed by atoms with Crippen LogP contribution in [0.25, 0.3) is 9.81 Å². The molecule has 7 heteroatoms. The van der Waals surface area contributed by atoms with Crippen LogP contribution in [0.3, 0.4) is 0 Å². The maximum atomic E-state index is 12.9. The predicted molar refractivity (Wildman–Crippen MR) is 98.4 cm³/mol. The van der Waals surface area contributed by atoms with E-state index in [4.69, 9.17) is 0 Å². The Balaban J connectivity index is 2.15. The Hall–Kier alpha value is -1.70. The average Bonchev–Trinajstić information content (AvgIpc) is 2.55. The van der Waals surface area contributed by atoms with Crippen molar-refractivity contribution >= 4 is 48.3 Å². The van der Waals surface area contributed by atoms with E-state index >= 15 is 0 Å². The maximum absolute atomic E-state index is 12.9. The number of thioether (sulfide) groups is 1. The molecule has 0 aromatic heterocycles. The maximum Gasteiger partial charge on any atom is 0.352 e. The SMILES string of the molecule is O=[N+]([O-])C1=C(c2ccccc2)SC(Br)=C(c2ccccc2)S1=O. The second kappa shape index (κ2) is 6.82. The Morgan fingerprint density at radius 2 is 1.48 bits per heavy atom. The standard InChI is InChI=1S/C16H10BrNO3S2/c17-15-14(12-9-5-2-6-10-12)23(21)16(18(19)20)13(22-15)11-7-3-1-4-8-11/h1-10H. The Morgan fingerprint density at radius 3 is 2.00 bits per heavy atom. The van der Waals surface area contributed by atoms with Gasteiger partial charge in [0, 0.05) is 0 Å². The molecular formula is C16H10BrNO3S2. The summed E-state index contributed by atoms with van der Waals surface area (Å²) in [6.45, 7) is 0. The first kappa shape index (κ1) is 16.2. The van der Waals surface area contributed by atoms with E-state index in [1.54, 1.807) is 36.4 Å². The van der Waals surface area contributed by atoms with Crippen LogP contribution >= 0.6 is 27.7 Å². The number of hydrogen-bond donors (Lipinski definition) is 0. The van der Waals surface area contributed by atoms with Crippen LogP contribution in [0.4, 0.5) is 0 Å². The number of benzene rings is 2. The number of hydrogen-bond acceptors (Lipinski definition) is 4. The number of rotatable bonds is 3. The highest BCUT2D eigenvalue weighted by atomic mass is 79.9. The molecule has 0 saturated carbocycles. The largest absolute Gasteiger partial charge is 0.352 e. The zero-order valence-corrected chi connectivity index (χ0v) is 14.9. The zero-order chi connectivity index (χ0) is 16.4. The van der Waals surface area contributed by atoms with E-state index in [0.717, 1.165) is 0 Å². The number of nitro groups is 1. The van der Waals surface area contributed by atoms with Gasteiger partial charge in [-0.25, -0.2) is 4.21 Å². The van der Waals surface area contributed by atoms with Crippen molar-refractivity contribution in [2.75, 3.05) is 0 Å². The first-order valence-electron chi connectivity index (χ1n) is 6.58. The van der Waals surface area contributed by atoms with E-state index in [-0.39, 0.29) is 5.03 Å². The third kappa shape index (κ3) is 3.17. The van der Waals surface area contributed by atoms with Crippen molar-refractivity contribution in [3.63, 3.8) is 0 Å². The molecule has 1 unspecified atom stereocenters. The van der Waals surface area contributed by atoms with Crippen LogP contribution in [0.2, 0.25) is 0 Å². The van der Waals surface area contributed by atoms with Crippen LogP contribution < -0.4 is 0 Å². The second-order valence-corrected chi connectivity index (χ2v) is 8.27. The van der Waals surface area contributed by atoms with Gasteiger partial charge in [0.05, 0.1) is 13.6 Å². The summed E-state index contributed by atoms with van der Waals surface area (Å²) in [5.41, 5.74) is 1.39. The summed E-state index contributed by atoms with van der Waals surface area (Å²) in [6, 6.07) is 18.0. The fourth-order valence-electron chi connectivity index (χ4n) is 2.17. The van der Waals surface area contributed by atoms with Gasteiger partial charge in [-0.3, -0.25) is 10.1 Å². The van der Waals surface area contributed by atoms with Gasteiger partial charge in [-0.15, -0.1) is 0 Å². The van der Waals surface area contributed by atoms with Gasteiger partial charge in [0.1, 0.15) is 4.91 Å². The van der Waals surface area contributed by atoms with Crippen molar-refractivity contribution in [2.24, 2.45) is 0 Å². The van der Waals surface area contributed by atoms with Gasteiger partial charge in [-0.05, 0) is 27.1 Å². The normalized spacial score (nSPS) is 18.2. The van der Waals surface area contributed by atoms with Crippen molar-refractivity contribution in [1.29, 1.82) is 0 Å². The van der Waals surface area contributed by atoms with Gasteiger partial charge in [0.15, 0.2) is 10.8 Å². The molecule has 4 nitrogen and oxygen atoms in total. The van der Waals surface area contributed by atoms with Gasteiger partial charge in [-0.1, -0.05) is 72.4 Å². The zero-order valence-electron chi connectivity index (χ0n) is 11.6. The van der Waals surface area contributed by atoms with E-state index in [1.165, 1.54) is 11.8 Å². The van der Waals surface area contributed by atoms with Crippen LogP contribution in [-0.2, 0) is 10.8 Å². The fraction of sp³-hybridized carbons (Fsp3) is 0. The molecule has 0 bridgehead atoms. The van der Waals surface area contributed by atoms with E-state index < -0.39 is 15.7 Å². The lowest BCUT2D eigenvalue weighted by Crippen LogP contribution is -2.13. The molecule has 0 radical (unpaired) electrons. The number of halogens is 1. The molecular weight excluding hydrogens is 398 g/mol. The summed E-state index contributed by atoms with van der Waals surface area (Å²) >= 11 is 4.66. The molecule has 1 aliphatic heterocycles. The molecule has 1 aliphatic rings. The molecule has 0 spiro atoms. The molecule has 0 fully saturated rings. The summed E-state index contributed by atoms with van der Waals surface area (Å²) in [5.74, 6) is 0. The second-order valence-electron chi connectivity index (χ2n) is 4.60. The molecule has 0 aliphatic carbocycles. The van der Waals surface area contributed by atoms with E-state index in [1.807, 2.05) is 24.3 Å². The van der Waals surface area contributed by atoms with Crippen LogP contribution in [0, 0.1) is 10.1 Å². The minimum Gasteiger partial charge on any atom is -0.258 e. The van der Waals surface area contributed by atoms with Gasteiger partial charge in [0.25, 0.3) is 0 Å². The van der Waals surface area contributed by atoms with Crippen molar-refractivity contribution in [2.45, 2.75) is 0 Å². The Bertz CT molecular complexity index is 848. The molecule has 0 N–H and O–H groups in total. The van der Waals surface area contributed by atoms with Crippen molar-refractivity contribution in [3.8, 4) is 0 Å². The first-order valence-corrected chi connectivity index (χ1v) is 9.34. The highest BCUT2D eigenvalue weighted by Gasteiger charge is 2.37. The topological polar surface area (TPSA) is 60.2 Å². The third-order valence-electron chi connectivity index (χ3n) is 3.16. The minimum absolute atomic E-state index is 0.275. The van der Waals surface area contributed by atoms with Crippen LogP contribution in [0.1, 0.15) is 11.1 Å². The van der Waals surface area contributed by atoms with Crippen molar-refractivity contribution in [1.82, 2.24) is 0 Å². The van der Waals surface area contributed by atoms with Crippen LogP contribution in [0.15, 0.2) is 69.5 Å². The molecule has 2 aromatic carbocycles. The summed E-state index contributed by atoms with van der Waals surface area (Å²) in [7, 11) is -1.87. The quantitative estimate of drug-likeness (QED) is 0.541. The van der Waals surface area contributed by atoms with Gasteiger partial charge in [-0.2, -0.15) is 0 Å². The highest BCUT2D eigenvalue weighted by molar-refractivity contribution is 9.14. The third-order valence-corrected chi connectivity index (χ3v) is 7.10. The van der Waals surface area contributed by atoms with Crippen molar-refractivity contribution in [3.05, 3.63) is 90.7 Å². The van der Waals surface area contributed by atoms with Gasteiger partial charge in [0.2, 0.25) is 0 Å². The molecule has 23 heavy (non-hydrogen) atoms. The summed E-state index contributed by atoms with van der Waals surface area (Å²) in [4.78, 5) is 11.8. The van der Waals surface area contributed by atoms with E-state index in [9.17, 15) is 14.3 Å². The summed E-state index contributed by atoms with van der Waals surface area (Å²) < 4.78 is 13.5. The summed E-state index contributed by atoms with van der Waals surface area (Å²) in [5, 5.41) is 11.3. The lowest BCUT2D eigenvalue weighted by molar-refractivity contribution is -0.409. The molecule has 1 atom stereocenters. The molecule has 116 valence electrons. The van der Waals surface area contributed by atoms with Crippen molar-refractivity contribution < 1.29 is 9.13 Å². The van der Waals surface area contributed by atoms with Crippen LogP contribution in [-0.4, -0.2) is 9.13 Å². The Morgan fingerprint density at radius 1 is 0.957 bits per heavy atom. The van der Waals surface area contributed by atoms with Crippen LogP contribution in [0.5, 0.6) is 0 Å². The monoisotopic (exact) mass is 407 g/mol. The number of nitrogens with zero attached hydrogens (tertiary/aromatic N) is 1. The first-order chi connectivity index (χ1) is 11.1. The predicted octanol–water partition coefficient (Wildman–Crippen LogP) is 4.81. The van der Waals surface area contributed by atoms with Gasteiger partial charge < -0.3 is 0 Å². The Labute approximate surface area is 148 Å². The lowest BCUT2D eigenvalue weighted by Gasteiger charge is -2.17.